The molecule has 0 unspecified atom stereocenters. The summed E-state index contributed by atoms with van der Waals surface area (Å²) in [5.74, 6) is 0.798. The molecule has 2 rings (SSSR count). The molecule has 0 spiro atoms. The summed E-state index contributed by atoms with van der Waals surface area (Å²) in [6.07, 6.45) is 9.91. The van der Waals surface area contributed by atoms with Crippen molar-refractivity contribution in [2.75, 3.05) is 6.61 Å². The Morgan fingerprint density at radius 1 is 0.741 bits per heavy atom. The van der Waals surface area contributed by atoms with Crippen LogP contribution < -0.4 is 4.74 Å². The number of rotatable bonds is 12. The van der Waals surface area contributed by atoms with Crippen LogP contribution >= 0.6 is 11.8 Å². The van der Waals surface area contributed by atoms with E-state index in [-0.39, 0.29) is 17.2 Å². The molecule has 0 aromatic heterocycles. The van der Waals surface area contributed by atoms with Gasteiger partial charge in [0.15, 0.2) is 0 Å². The summed E-state index contributed by atoms with van der Waals surface area (Å²) in [5, 5.41) is 29.2. The quantitative estimate of drug-likeness (QED) is 0.362. The third kappa shape index (κ3) is 7.63. The average molecular weight is 391 g/mol. The standard InChI is InChI=1S/C22H30O4S/c1-2-3-4-5-6-7-8-9-14-26-20-16-18(24)11-13-22(20)27-21-12-10-17(23)15-19(21)25/h10-13,15-16,23-25H,2-9,14H2,1H3. The van der Waals surface area contributed by atoms with Gasteiger partial charge in [0.25, 0.3) is 0 Å². The first-order chi connectivity index (χ1) is 13.1. The normalized spacial score (nSPS) is 10.9. The predicted molar refractivity (Wildman–Crippen MR) is 110 cm³/mol. The Kier molecular flexibility index (Phi) is 9.19. The molecule has 0 heterocycles. The third-order valence-corrected chi connectivity index (χ3v) is 5.47. The summed E-state index contributed by atoms with van der Waals surface area (Å²) in [5.41, 5.74) is 0. The SMILES string of the molecule is CCCCCCCCCCOc1cc(O)ccc1Sc1ccc(O)cc1O. The van der Waals surface area contributed by atoms with Gasteiger partial charge in [-0.1, -0.05) is 63.6 Å². The van der Waals surface area contributed by atoms with Crippen LogP contribution in [0, 0.1) is 0 Å². The zero-order chi connectivity index (χ0) is 19.5. The lowest BCUT2D eigenvalue weighted by Crippen LogP contribution is -1.98. The minimum Gasteiger partial charge on any atom is -0.508 e. The molecule has 0 fully saturated rings. The first-order valence-electron chi connectivity index (χ1n) is 9.76. The van der Waals surface area contributed by atoms with E-state index < -0.39 is 0 Å². The number of benzene rings is 2. The van der Waals surface area contributed by atoms with Crippen LogP contribution in [0.4, 0.5) is 0 Å². The predicted octanol–water partition coefficient (Wildman–Crippen LogP) is 6.47. The van der Waals surface area contributed by atoms with E-state index in [2.05, 4.69) is 6.92 Å². The molecule has 0 aliphatic heterocycles. The maximum absolute atomic E-state index is 9.98. The maximum atomic E-state index is 9.98. The fraction of sp³-hybridized carbons (Fsp3) is 0.455. The average Bonchev–Trinajstić information content (AvgIpc) is 2.64. The summed E-state index contributed by atoms with van der Waals surface area (Å²) in [4.78, 5) is 1.43. The maximum Gasteiger partial charge on any atom is 0.136 e. The second-order valence-electron chi connectivity index (χ2n) is 6.71. The molecule has 0 atom stereocenters. The van der Waals surface area contributed by atoms with Crippen LogP contribution in [0.3, 0.4) is 0 Å². The number of hydrogen-bond donors (Lipinski definition) is 3. The van der Waals surface area contributed by atoms with Crippen molar-refractivity contribution >= 4 is 11.8 Å². The molecule has 0 radical (unpaired) electrons. The highest BCUT2D eigenvalue weighted by atomic mass is 32.2. The van der Waals surface area contributed by atoms with Crippen LogP contribution in [0.15, 0.2) is 46.2 Å². The monoisotopic (exact) mass is 390 g/mol. The first-order valence-corrected chi connectivity index (χ1v) is 10.6. The van der Waals surface area contributed by atoms with Crippen LogP contribution in [-0.2, 0) is 0 Å². The largest absolute Gasteiger partial charge is 0.508 e. The van der Waals surface area contributed by atoms with Crippen molar-refractivity contribution in [3.63, 3.8) is 0 Å². The Labute approximate surface area is 166 Å². The van der Waals surface area contributed by atoms with Gasteiger partial charge in [0.05, 0.1) is 16.4 Å². The highest BCUT2D eigenvalue weighted by Crippen LogP contribution is 2.41. The van der Waals surface area contributed by atoms with Gasteiger partial charge in [0, 0.05) is 12.1 Å². The molecule has 148 valence electrons. The van der Waals surface area contributed by atoms with Crippen molar-refractivity contribution in [2.24, 2.45) is 0 Å². The van der Waals surface area contributed by atoms with E-state index in [1.54, 1.807) is 24.3 Å². The molecule has 0 amide bonds. The van der Waals surface area contributed by atoms with Crippen molar-refractivity contribution in [1.82, 2.24) is 0 Å². The smallest absolute Gasteiger partial charge is 0.136 e. The van der Waals surface area contributed by atoms with Gasteiger partial charge < -0.3 is 20.1 Å². The van der Waals surface area contributed by atoms with E-state index >= 15 is 0 Å². The number of aromatic hydroxyl groups is 3. The molecule has 2 aromatic carbocycles. The van der Waals surface area contributed by atoms with Crippen molar-refractivity contribution in [3.8, 4) is 23.0 Å². The van der Waals surface area contributed by atoms with Gasteiger partial charge in [-0.15, -0.1) is 0 Å². The lowest BCUT2D eigenvalue weighted by atomic mass is 10.1. The molecule has 2 aromatic rings. The molecule has 3 N–H and O–H groups in total. The van der Waals surface area contributed by atoms with Gasteiger partial charge in [-0.2, -0.15) is 0 Å². The molecule has 0 saturated carbocycles. The van der Waals surface area contributed by atoms with Crippen molar-refractivity contribution in [3.05, 3.63) is 36.4 Å². The minimum atomic E-state index is 0.0158. The molecule has 4 nitrogen and oxygen atoms in total. The van der Waals surface area contributed by atoms with E-state index in [9.17, 15) is 15.3 Å². The van der Waals surface area contributed by atoms with Gasteiger partial charge in [0.1, 0.15) is 23.0 Å². The summed E-state index contributed by atoms with van der Waals surface area (Å²) in [6.45, 7) is 2.84. The molecule has 0 aliphatic carbocycles. The van der Waals surface area contributed by atoms with Crippen molar-refractivity contribution < 1.29 is 20.1 Å². The Morgan fingerprint density at radius 3 is 2.00 bits per heavy atom. The highest BCUT2D eigenvalue weighted by molar-refractivity contribution is 7.99. The molecular formula is C22H30O4S. The minimum absolute atomic E-state index is 0.0158. The van der Waals surface area contributed by atoms with Gasteiger partial charge in [-0.25, -0.2) is 0 Å². The molecular weight excluding hydrogens is 360 g/mol. The van der Waals surface area contributed by atoms with Crippen LogP contribution in [0.2, 0.25) is 0 Å². The molecule has 0 aliphatic rings. The van der Waals surface area contributed by atoms with Gasteiger partial charge in [0.2, 0.25) is 0 Å². The number of unbranched alkanes of at least 4 members (excludes halogenated alkanes) is 7. The summed E-state index contributed by atoms with van der Waals surface area (Å²) < 4.78 is 5.89. The van der Waals surface area contributed by atoms with Crippen LogP contribution in [0.1, 0.15) is 58.3 Å². The van der Waals surface area contributed by atoms with Crippen molar-refractivity contribution in [1.29, 1.82) is 0 Å². The third-order valence-electron chi connectivity index (χ3n) is 4.35. The fourth-order valence-corrected chi connectivity index (χ4v) is 3.71. The first kappa shape index (κ1) is 21.3. The summed E-state index contributed by atoms with van der Waals surface area (Å²) >= 11 is 1.34. The zero-order valence-electron chi connectivity index (χ0n) is 16.0. The summed E-state index contributed by atoms with van der Waals surface area (Å²) in [6, 6.07) is 9.47. The highest BCUT2D eigenvalue weighted by Gasteiger charge is 2.10. The van der Waals surface area contributed by atoms with Gasteiger partial charge >= 0.3 is 0 Å². The number of phenolic OH excluding ortho intramolecular Hbond substituents is 3. The molecule has 5 heteroatoms. The number of ether oxygens (including phenoxy) is 1. The Bertz CT molecular complexity index is 703. The van der Waals surface area contributed by atoms with Crippen LogP contribution in [0.25, 0.3) is 0 Å². The van der Waals surface area contributed by atoms with E-state index in [1.165, 1.54) is 62.4 Å². The van der Waals surface area contributed by atoms with E-state index in [4.69, 9.17) is 4.74 Å². The summed E-state index contributed by atoms with van der Waals surface area (Å²) in [7, 11) is 0. The Hall–Kier alpha value is -2.01. The number of phenols is 3. The zero-order valence-corrected chi connectivity index (χ0v) is 16.8. The van der Waals surface area contributed by atoms with E-state index in [1.807, 2.05) is 0 Å². The fourth-order valence-electron chi connectivity index (χ4n) is 2.82. The second kappa shape index (κ2) is 11.7. The Morgan fingerprint density at radius 2 is 1.33 bits per heavy atom. The molecule has 0 bridgehead atoms. The van der Waals surface area contributed by atoms with Crippen LogP contribution in [0.5, 0.6) is 23.0 Å². The van der Waals surface area contributed by atoms with Gasteiger partial charge in [-0.05, 0) is 30.7 Å². The number of hydrogen-bond acceptors (Lipinski definition) is 5. The lowest BCUT2D eigenvalue weighted by Gasteiger charge is -2.12. The molecule has 0 saturated heterocycles. The van der Waals surface area contributed by atoms with Crippen LogP contribution in [-0.4, -0.2) is 21.9 Å². The van der Waals surface area contributed by atoms with E-state index in [0.717, 1.165) is 17.7 Å². The van der Waals surface area contributed by atoms with Crippen molar-refractivity contribution in [2.45, 2.75) is 68.1 Å². The second-order valence-corrected chi connectivity index (χ2v) is 7.79. The lowest BCUT2D eigenvalue weighted by molar-refractivity contribution is 0.296. The van der Waals surface area contributed by atoms with Gasteiger partial charge in [-0.3, -0.25) is 0 Å². The Balaban J connectivity index is 1.83. The topological polar surface area (TPSA) is 69.9 Å². The van der Waals surface area contributed by atoms with E-state index in [0.29, 0.717) is 17.3 Å². The molecule has 27 heavy (non-hydrogen) atoms.